The van der Waals surface area contributed by atoms with Crippen molar-refractivity contribution in [2.75, 3.05) is 31.6 Å². The molecule has 1 saturated heterocycles. The van der Waals surface area contributed by atoms with E-state index in [1.165, 1.54) is 0 Å². The zero-order valence-electron chi connectivity index (χ0n) is 11.4. The van der Waals surface area contributed by atoms with Gasteiger partial charge in [-0.2, -0.15) is 0 Å². The normalized spacial score (nSPS) is 20.8. The van der Waals surface area contributed by atoms with Gasteiger partial charge in [-0.1, -0.05) is 0 Å². The highest BCUT2D eigenvalue weighted by Gasteiger charge is 2.17. The summed E-state index contributed by atoms with van der Waals surface area (Å²) >= 11 is 0. The molecule has 1 aliphatic rings. The number of ether oxygens (including phenoxy) is 1. The van der Waals surface area contributed by atoms with Crippen LogP contribution >= 0.6 is 0 Å². The van der Waals surface area contributed by atoms with Crippen LogP contribution in [0.5, 0.6) is 0 Å². The lowest BCUT2D eigenvalue weighted by molar-refractivity contribution is 0.0820. The number of anilines is 1. The molecule has 0 radical (unpaired) electrons. The highest BCUT2D eigenvalue weighted by molar-refractivity contribution is 5.33. The van der Waals surface area contributed by atoms with E-state index in [-0.39, 0.29) is 6.10 Å². The Bertz CT molecular complexity index is 397. The minimum absolute atomic E-state index is 0.244. The highest BCUT2D eigenvalue weighted by Crippen LogP contribution is 2.15. The van der Waals surface area contributed by atoms with E-state index in [1.54, 1.807) is 0 Å². The van der Waals surface area contributed by atoms with Gasteiger partial charge in [0.05, 0.1) is 6.10 Å². The number of hydrogen-bond acceptors (Lipinski definition) is 5. The van der Waals surface area contributed by atoms with E-state index in [2.05, 4.69) is 27.1 Å². The predicted octanol–water partition coefficient (Wildman–Crippen LogP) is 1.12. The highest BCUT2D eigenvalue weighted by atomic mass is 16.5. The van der Waals surface area contributed by atoms with Crippen LogP contribution in [0, 0.1) is 6.92 Å². The number of nitrogens with one attached hydrogen (secondary N) is 1. The Hall–Kier alpha value is -1.20. The van der Waals surface area contributed by atoms with Crippen LogP contribution in [0.3, 0.4) is 0 Å². The first-order valence-electron chi connectivity index (χ1n) is 6.54. The first-order chi connectivity index (χ1) is 8.70. The first-order valence-corrected chi connectivity index (χ1v) is 6.54. The predicted molar refractivity (Wildman–Crippen MR) is 71.8 cm³/mol. The smallest absolute Gasteiger partial charge is 0.225 e. The van der Waals surface area contributed by atoms with Crippen molar-refractivity contribution in [3.63, 3.8) is 0 Å². The van der Waals surface area contributed by atoms with E-state index >= 15 is 0 Å². The van der Waals surface area contributed by atoms with Crippen molar-refractivity contribution >= 4 is 5.95 Å². The average molecular weight is 250 g/mol. The zero-order valence-corrected chi connectivity index (χ0v) is 11.4. The van der Waals surface area contributed by atoms with Crippen molar-refractivity contribution in [1.82, 2.24) is 15.3 Å². The zero-order chi connectivity index (χ0) is 13.0. The Morgan fingerprint density at radius 1 is 1.56 bits per heavy atom. The van der Waals surface area contributed by atoms with Crippen LogP contribution in [0.4, 0.5) is 5.95 Å². The fourth-order valence-electron chi connectivity index (χ4n) is 2.17. The fraction of sp³-hybridized carbons (Fsp3) is 0.692. The summed E-state index contributed by atoms with van der Waals surface area (Å²) < 4.78 is 5.64. The summed E-state index contributed by atoms with van der Waals surface area (Å²) in [6.07, 6.45) is 3.20. The van der Waals surface area contributed by atoms with Crippen LogP contribution in [-0.2, 0) is 11.3 Å². The van der Waals surface area contributed by atoms with E-state index in [0.29, 0.717) is 0 Å². The first kappa shape index (κ1) is 13.2. The quantitative estimate of drug-likeness (QED) is 0.871. The third-order valence-electron chi connectivity index (χ3n) is 3.17. The largest absolute Gasteiger partial charge is 0.377 e. The Labute approximate surface area is 109 Å². The standard InChI is InChI=1S/C13H22N4O/c1-10-9-17(5-4-6-18-10)13-15-8-12(7-14-3)11(2)16-13/h8,10,14H,4-7,9H2,1-3H3. The summed E-state index contributed by atoms with van der Waals surface area (Å²) in [6, 6.07) is 0. The molecule has 0 saturated carbocycles. The molecule has 5 nitrogen and oxygen atoms in total. The molecule has 0 aromatic carbocycles. The summed E-state index contributed by atoms with van der Waals surface area (Å²) in [4.78, 5) is 11.3. The van der Waals surface area contributed by atoms with E-state index < -0.39 is 0 Å². The summed E-state index contributed by atoms with van der Waals surface area (Å²) in [5, 5.41) is 3.13. The third kappa shape index (κ3) is 3.17. The summed E-state index contributed by atoms with van der Waals surface area (Å²) in [7, 11) is 1.93. The van der Waals surface area contributed by atoms with Crippen molar-refractivity contribution in [3.05, 3.63) is 17.5 Å². The molecule has 2 heterocycles. The van der Waals surface area contributed by atoms with Crippen LogP contribution < -0.4 is 10.2 Å². The van der Waals surface area contributed by atoms with Gasteiger partial charge in [-0.3, -0.25) is 0 Å². The van der Waals surface area contributed by atoms with Crippen LogP contribution in [0.25, 0.3) is 0 Å². The van der Waals surface area contributed by atoms with Crippen LogP contribution in [0.2, 0.25) is 0 Å². The molecule has 1 aromatic rings. The van der Waals surface area contributed by atoms with E-state index in [1.807, 2.05) is 20.2 Å². The van der Waals surface area contributed by atoms with Gasteiger partial charge in [-0.05, 0) is 27.3 Å². The van der Waals surface area contributed by atoms with Crippen LogP contribution in [0.1, 0.15) is 24.6 Å². The Balaban J connectivity index is 2.14. The molecule has 18 heavy (non-hydrogen) atoms. The Kier molecular flexibility index (Phi) is 4.49. The number of hydrogen-bond donors (Lipinski definition) is 1. The van der Waals surface area contributed by atoms with Gasteiger partial charge in [0, 0.05) is 43.7 Å². The lowest BCUT2D eigenvalue weighted by atomic mass is 10.2. The van der Waals surface area contributed by atoms with Crippen LogP contribution in [0.15, 0.2) is 6.20 Å². The minimum Gasteiger partial charge on any atom is -0.377 e. The second-order valence-corrected chi connectivity index (χ2v) is 4.79. The molecule has 1 unspecified atom stereocenters. The van der Waals surface area contributed by atoms with E-state index in [0.717, 1.165) is 49.9 Å². The van der Waals surface area contributed by atoms with Gasteiger partial charge in [-0.15, -0.1) is 0 Å². The number of nitrogens with zero attached hydrogens (tertiary/aromatic N) is 3. The molecule has 0 spiro atoms. The molecular weight excluding hydrogens is 228 g/mol. The molecule has 100 valence electrons. The maximum absolute atomic E-state index is 5.64. The van der Waals surface area contributed by atoms with Gasteiger partial charge in [-0.25, -0.2) is 9.97 Å². The molecule has 2 rings (SSSR count). The van der Waals surface area contributed by atoms with Crippen molar-refractivity contribution < 1.29 is 4.74 Å². The molecule has 0 aliphatic carbocycles. The van der Waals surface area contributed by atoms with Gasteiger partial charge >= 0.3 is 0 Å². The van der Waals surface area contributed by atoms with E-state index in [9.17, 15) is 0 Å². The van der Waals surface area contributed by atoms with Gasteiger partial charge in [0.15, 0.2) is 0 Å². The Morgan fingerprint density at radius 2 is 2.39 bits per heavy atom. The number of rotatable bonds is 3. The fourth-order valence-corrected chi connectivity index (χ4v) is 2.17. The summed E-state index contributed by atoms with van der Waals surface area (Å²) in [5.41, 5.74) is 2.20. The second kappa shape index (κ2) is 6.11. The second-order valence-electron chi connectivity index (χ2n) is 4.79. The third-order valence-corrected chi connectivity index (χ3v) is 3.17. The monoisotopic (exact) mass is 250 g/mol. The molecule has 1 atom stereocenters. The van der Waals surface area contributed by atoms with Crippen molar-refractivity contribution in [2.45, 2.75) is 32.9 Å². The van der Waals surface area contributed by atoms with Gasteiger partial charge in [0.25, 0.3) is 0 Å². The number of aromatic nitrogens is 2. The maximum Gasteiger partial charge on any atom is 0.225 e. The molecule has 0 bridgehead atoms. The topological polar surface area (TPSA) is 50.3 Å². The lowest BCUT2D eigenvalue weighted by Gasteiger charge is -2.22. The van der Waals surface area contributed by atoms with Crippen molar-refractivity contribution in [2.24, 2.45) is 0 Å². The average Bonchev–Trinajstić information content (AvgIpc) is 2.57. The molecular formula is C13H22N4O. The molecule has 1 N–H and O–H groups in total. The van der Waals surface area contributed by atoms with E-state index in [4.69, 9.17) is 4.74 Å². The molecule has 1 fully saturated rings. The minimum atomic E-state index is 0.244. The van der Waals surface area contributed by atoms with Gasteiger partial charge < -0.3 is 15.0 Å². The molecule has 1 aliphatic heterocycles. The molecule has 0 amide bonds. The lowest BCUT2D eigenvalue weighted by Crippen LogP contribution is -2.31. The van der Waals surface area contributed by atoms with Crippen molar-refractivity contribution in [1.29, 1.82) is 0 Å². The van der Waals surface area contributed by atoms with Gasteiger partial charge in [0.2, 0.25) is 5.95 Å². The SMILES string of the molecule is CNCc1cnc(N2CCCOC(C)C2)nc1C. The Morgan fingerprint density at radius 3 is 3.11 bits per heavy atom. The number of aryl methyl sites for hydroxylation is 1. The summed E-state index contributed by atoms with van der Waals surface area (Å²) in [6.45, 7) is 7.61. The van der Waals surface area contributed by atoms with Crippen molar-refractivity contribution in [3.8, 4) is 0 Å². The molecule has 5 heteroatoms. The molecule has 1 aromatic heterocycles. The summed E-state index contributed by atoms with van der Waals surface area (Å²) in [5.74, 6) is 0.824. The maximum atomic E-state index is 5.64. The van der Waals surface area contributed by atoms with Gasteiger partial charge in [0.1, 0.15) is 0 Å². The van der Waals surface area contributed by atoms with Crippen LogP contribution in [-0.4, -0.2) is 42.8 Å².